The second-order valence-electron chi connectivity index (χ2n) is 15.4. The van der Waals surface area contributed by atoms with Gasteiger partial charge in [-0.3, -0.25) is 9.78 Å². The summed E-state index contributed by atoms with van der Waals surface area (Å²) in [6.07, 6.45) is 23.0. The number of benzene rings is 3. The normalized spacial score (nSPS) is 16.8. The molecule has 0 saturated heterocycles. The van der Waals surface area contributed by atoms with Gasteiger partial charge >= 0.3 is 5.97 Å². The predicted octanol–water partition coefficient (Wildman–Crippen LogP) is 10.6. The van der Waals surface area contributed by atoms with Gasteiger partial charge in [0.2, 0.25) is 0 Å². The van der Waals surface area contributed by atoms with Gasteiger partial charge in [0.15, 0.2) is 0 Å². The Bertz CT molecular complexity index is 2170. The number of nitrogen functional groups attached to an aromatic ring is 1. The van der Waals surface area contributed by atoms with Crippen molar-refractivity contribution in [1.29, 1.82) is 5.26 Å². The molecular formula is C51H64N5O3+. The number of rotatable bonds is 21. The summed E-state index contributed by atoms with van der Waals surface area (Å²) in [6.45, 7) is 11.4. The maximum atomic E-state index is 11.8. The Balaban J connectivity index is 0.00000378. The zero-order chi connectivity index (χ0) is 42.7. The molecule has 5 rings (SSSR count). The predicted molar refractivity (Wildman–Crippen MR) is 244 cm³/mol. The fourth-order valence-electron chi connectivity index (χ4n) is 8.43. The van der Waals surface area contributed by atoms with Crippen LogP contribution in [0, 0.1) is 11.3 Å². The van der Waals surface area contributed by atoms with Crippen LogP contribution < -0.4 is 16.0 Å². The van der Waals surface area contributed by atoms with Crippen LogP contribution in [0.25, 0.3) is 10.8 Å². The molecule has 0 saturated carbocycles. The average Bonchev–Trinajstić information content (AvgIpc) is 3.49. The number of para-hydroxylation sites is 1. The van der Waals surface area contributed by atoms with Crippen LogP contribution in [0.2, 0.25) is 0 Å². The summed E-state index contributed by atoms with van der Waals surface area (Å²) in [5.41, 5.74) is 13.2. The van der Waals surface area contributed by atoms with E-state index in [1.54, 1.807) is 0 Å². The number of hydrogen-bond donors (Lipinski definition) is 3. The standard InChI is InChI=1S/C49H57N5O3.C2H6/c1-4-6-8-12-28-49(35-40-17-11-13-30-52-40,42-18-9-10-19-44(42)53-31-26-46(56)57)29-14-16-37(36-50)20-25-45-48(3,27-7-5-2)43-24-22-38-21-23-39(51)34-41(38)47(43)54(45)32-15-33-55;1-2/h5,7,9-11,13-14,16-25,30,33-34,53H,4,6,8,12,15,26-29,31-32,35,51H2,1-3H3,(H,56,57);1-2H3/p+1/b7-5+,16-14+,37-20-,45-25+;. The number of carbonyl (C=O) groups is 2. The number of carboxylic acid groups (broad SMARTS) is 1. The minimum absolute atomic E-state index is 0.0690. The van der Waals surface area contributed by atoms with Gasteiger partial charge in [-0.1, -0.05) is 107 Å². The molecule has 2 unspecified atom stereocenters. The second-order valence-corrected chi connectivity index (χ2v) is 15.4. The van der Waals surface area contributed by atoms with Crippen LogP contribution in [-0.2, 0) is 26.8 Å². The van der Waals surface area contributed by atoms with Crippen molar-refractivity contribution in [3.05, 3.63) is 144 Å². The summed E-state index contributed by atoms with van der Waals surface area (Å²) in [7, 11) is 0. The average molecular weight is 795 g/mol. The Morgan fingerprint density at radius 1 is 1.05 bits per heavy atom. The smallest absolute Gasteiger partial charge is 0.309 e. The van der Waals surface area contributed by atoms with Gasteiger partial charge in [-0.05, 0) is 99.0 Å². The summed E-state index contributed by atoms with van der Waals surface area (Å²) in [5.74, 6) is -0.815. The number of allylic oxidation sites excluding steroid dienone is 8. The molecule has 0 amide bonds. The minimum atomic E-state index is -0.815. The van der Waals surface area contributed by atoms with Gasteiger partial charge in [0.1, 0.15) is 12.0 Å². The summed E-state index contributed by atoms with van der Waals surface area (Å²) in [4.78, 5) is 30.3. The molecule has 1 aliphatic rings. The number of anilines is 2. The molecule has 310 valence electrons. The van der Waals surface area contributed by atoms with Crippen molar-refractivity contribution < 1.29 is 20.0 Å². The summed E-state index contributed by atoms with van der Waals surface area (Å²) >= 11 is 0. The lowest BCUT2D eigenvalue weighted by Crippen LogP contribution is -2.79. The molecule has 0 aliphatic carbocycles. The van der Waals surface area contributed by atoms with Crippen LogP contribution in [0.1, 0.15) is 109 Å². The number of aromatic nitrogens is 1. The van der Waals surface area contributed by atoms with Crippen LogP contribution in [-0.4, -0.2) is 35.4 Å². The number of nitriles is 1. The number of pyridine rings is 1. The van der Waals surface area contributed by atoms with Gasteiger partial charge in [-0.15, -0.1) is 0 Å². The summed E-state index contributed by atoms with van der Waals surface area (Å²) in [5, 5.41) is 24.1. The lowest BCUT2D eigenvalue weighted by molar-refractivity contribution is -0.571. The molecule has 4 aromatic rings. The number of aliphatic carboxylic acids is 1. The fraction of sp³-hybridized carbons (Fsp3) is 0.373. The number of nitrogens with two attached hydrogens (primary N) is 2. The van der Waals surface area contributed by atoms with Gasteiger partial charge in [-0.2, -0.15) is 5.26 Å². The zero-order valence-corrected chi connectivity index (χ0v) is 35.8. The van der Waals surface area contributed by atoms with Crippen LogP contribution in [0.3, 0.4) is 0 Å². The molecule has 0 fully saturated rings. The first-order chi connectivity index (χ1) is 28.7. The molecule has 8 heteroatoms. The van der Waals surface area contributed by atoms with Crippen LogP contribution in [0.15, 0.2) is 127 Å². The topological polar surface area (TPSA) is 137 Å². The number of aldehydes is 1. The van der Waals surface area contributed by atoms with Crippen LogP contribution >= 0.6 is 0 Å². The number of unbranched alkanes of at least 4 members (excludes halogenated alkanes) is 3. The first-order valence-electron chi connectivity index (χ1n) is 21.4. The number of carboxylic acids is 1. The maximum absolute atomic E-state index is 11.8. The van der Waals surface area contributed by atoms with Crippen molar-refractivity contribution in [1.82, 2.24) is 4.98 Å². The Hall–Kier alpha value is -5.78. The molecular weight excluding hydrogens is 731 g/mol. The largest absolute Gasteiger partial charge is 0.481 e. The van der Waals surface area contributed by atoms with Gasteiger partial charge < -0.3 is 25.9 Å². The molecule has 2 atom stereocenters. The number of quaternary nitrogens is 1. The molecule has 0 bridgehead atoms. The van der Waals surface area contributed by atoms with E-state index in [1.165, 1.54) is 11.1 Å². The molecule has 3 aromatic carbocycles. The Morgan fingerprint density at radius 3 is 2.54 bits per heavy atom. The van der Waals surface area contributed by atoms with E-state index < -0.39 is 11.4 Å². The van der Waals surface area contributed by atoms with Crippen molar-refractivity contribution in [3.63, 3.8) is 0 Å². The number of hydrogen-bond acceptors (Lipinski definition) is 6. The summed E-state index contributed by atoms with van der Waals surface area (Å²) in [6, 6.07) is 27.1. The van der Waals surface area contributed by atoms with E-state index in [9.17, 15) is 20.0 Å². The number of fused-ring (bicyclic) bond motifs is 3. The highest BCUT2D eigenvalue weighted by atomic mass is 16.4. The first-order valence-corrected chi connectivity index (χ1v) is 21.4. The quantitative estimate of drug-likeness (QED) is 0.0191. The van der Waals surface area contributed by atoms with Crippen molar-refractivity contribution in [2.45, 2.75) is 110 Å². The zero-order valence-electron chi connectivity index (χ0n) is 35.8. The minimum Gasteiger partial charge on any atom is -0.481 e. The van der Waals surface area contributed by atoms with Crippen LogP contribution in [0.4, 0.5) is 17.1 Å². The van der Waals surface area contributed by atoms with Gasteiger partial charge in [0, 0.05) is 58.0 Å². The lowest BCUT2D eigenvalue weighted by atomic mass is 9.69. The third-order valence-electron chi connectivity index (χ3n) is 11.3. The van der Waals surface area contributed by atoms with Crippen molar-refractivity contribution in [2.75, 3.05) is 23.7 Å². The van der Waals surface area contributed by atoms with E-state index >= 15 is 0 Å². The molecule has 1 aromatic heterocycles. The SMILES string of the molecule is C/C=C/CC1(C)\C(=C/C=C(C#N)/C=C/CC(CCCCCC)(Cc2ccccn2)c2ccccc2[NH2+]CCC(=O)O)N(CCC=O)c2c1ccc1ccc(N)cc21.CC. The molecule has 0 radical (unpaired) electrons. The van der Waals surface area contributed by atoms with Crippen molar-refractivity contribution in [3.8, 4) is 6.07 Å². The third kappa shape index (κ3) is 11.7. The van der Waals surface area contributed by atoms with Crippen molar-refractivity contribution >= 4 is 40.1 Å². The highest BCUT2D eigenvalue weighted by Gasteiger charge is 2.43. The highest BCUT2D eigenvalue weighted by Crippen LogP contribution is 2.53. The molecule has 2 heterocycles. The van der Waals surface area contributed by atoms with Gasteiger partial charge in [0.25, 0.3) is 0 Å². The molecule has 0 spiro atoms. The molecule has 59 heavy (non-hydrogen) atoms. The third-order valence-corrected chi connectivity index (χ3v) is 11.3. The van der Waals surface area contributed by atoms with E-state index in [1.807, 2.05) is 75.5 Å². The van der Waals surface area contributed by atoms with Gasteiger partial charge in [0.05, 0.1) is 30.3 Å². The first kappa shape index (κ1) is 45.9. The summed E-state index contributed by atoms with van der Waals surface area (Å²) < 4.78 is 0. The Morgan fingerprint density at radius 2 is 1.83 bits per heavy atom. The number of carbonyl (C=O) groups excluding carboxylic acids is 1. The lowest BCUT2D eigenvalue weighted by Gasteiger charge is -2.34. The van der Waals surface area contributed by atoms with E-state index in [0.29, 0.717) is 43.6 Å². The monoisotopic (exact) mass is 795 g/mol. The molecule has 8 nitrogen and oxygen atoms in total. The Kier molecular flexibility index (Phi) is 17.9. The fourth-order valence-corrected chi connectivity index (χ4v) is 8.43. The second kappa shape index (κ2) is 23.0. The van der Waals surface area contributed by atoms with E-state index in [4.69, 9.17) is 10.7 Å². The van der Waals surface area contributed by atoms with E-state index in [-0.39, 0.29) is 11.8 Å². The highest BCUT2D eigenvalue weighted by molar-refractivity contribution is 6.01. The number of nitrogens with zero attached hydrogens (tertiary/aromatic N) is 3. The van der Waals surface area contributed by atoms with E-state index in [0.717, 1.165) is 78.3 Å². The van der Waals surface area contributed by atoms with E-state index in [2.05, 4.69) is 90.8 Å². The van der Waals surface area contributed by atoms with Crippen molar-refractivity contribution in [2.24, 2.45) is 0 Å². The molecule has 5 N–H and O–H groups in total. The van der Waals surface area contributed by atoms with Gasteiger partial charge in [-0.25, -0.2) is 0 Å². The Labute approximate surface area is 352 Å². The van der Waals surface area contributed by atoms with Crippen LogP contribution in [0.5, 0.6) is 0 Å². The molecule has 1 aliphatic heterocycles. The maximum Gasteiger partial charge on any atom is 0.309 e.